The molecule has 0 saturated carbocycles. The van der Waals surface area contributed by atoms with Gasteiger partial charge < -0.3 is 14.6 Å². The fraction of sp³-hybridized carbons (Fsp3) is 0.462. The summed E-state index contributed by atoms with van der Waals surface area (Å²) in [4.78, 5) is 0. The number of nitrogens with zero attached hydrogens (tertiary/aromatic N) is 1. The summed E-state index contributed by atoms with van der Waals surface area (Å²) in [7, 11) is 0. The first kappa shape index (κ1) is 10.6. The first-order chi connectivity index (χ1) is 8.34. The third-order valence-corrected chi connectivity index (χ3v) is 3.22. The Kier molecular flexibility index (Phi) is 2.73. The molecule has 1 aromatic carbocycles. The van der Waals surface area contributed by atoms with Crippen LogP contribution in [0.2, 0.25) is 0 Å². The van der Waals surface area contributed by atoms with E-state index in [0.29, 0.717) is 0 Å². The number of para-hydroxylation sites is 1. The lowest BCUT2D eigenvalue weighted by Gasteiger charge is -2.23. The predicted octanol–water partition coefficient (Wildman–Crippen LogP) is 2.27. The van der Waals surface area contributed by atoms with Crippen molar-refractivity contribution in [1.82, 2.24) is 10.5 Å². The monoisotopic (exact) mass is 232 g/mol. The maximum absolute atomic E-state index is 6.01. The highest BCUT2D eigenvalue weighted by Crippen LogP contribution is 2.29. The molecule has 2 heterocycles. The molecule has 4 nitrogen and oxygen atoms in total. The van der Waals surface area contributed by atoms with Crippen LogP contribution in [0.25, 0.3) is 11.0 Å². The van der Waals surface area contributed by atoms with Gasteiger partial charge in [0.25, 0.3) is 0 Å². The molecule has 0 radical (unpaired) electrons. The molecule has 0 bridgehead atoms. The molecule has 1 saturated heterocycles. The summed E-state index contributed by atoms with van der Waals surface area (Å²) < 4.78 is 11.3. The molecule has 1 fully saturated rings. The predicted molar refractivity (Wildman–Crippen MR) is 65.3 cm³/mol. The summed E-state index contributed by atoms with van der Waals surface area (Å²) in [6.07, 6.45) is 2.37. The molecule has 90 valence electrons. The fourth-order valence-corrected chi connectivity index (χ4v) is 2.24. The Labute approximate surface area is 99.9 Å². The van der Waals surface area contributed by atoms with Gasteiger partial charge in [-0.25, -0.2) is 0 Å². The number of ether oxygens (including phenoxy) is 1. The van der Waals surface area contributed by atoms with E-state index < -0.39 is 0 Å². The fourth-order valence-electron chi connectivity index (χ4n) is 2.24. The minimum absolute atomic E-state index is 0.284. The number of hydrogen-bond donors (Lipinski definition) is 1. The van der Waals surface area contributed by atoms with Crippen LogP contribution in [0.4, 0.5) is 0 Å². The Balaban J connectivity index is 1.89. The zero-order chi connectivity index (χ0) is 11.7. The average Bonchev–Trinajstić information content (AvgIpc) is 2.74. The highest BCUT2D eigenvalue weighted by molar-refractivity contribution is 5.84. The van der Waals surface area contributed by atoms with Gasteiger partial charge in [0.05, 0.1) is 5.69 Å². The van der Waals surface area contributed by atoms with Crippen LogP contribution in [0.5, 0.6) is 5.75 Å². The van der Waals surface area contributed by atoms with Gasteiger partial charge >= 0.3 is 0 Å². The van der Waals surface area contributed by atoms with E-state index in [4.69, 9.17) is 9.26 Å². The number of hydrogen-bond acceptors (Lipinski definition) is 4. The van der Waals surface area contributed by atoms with E-state index in [9.17, 15) is 0 Å². The second kappa shape index (κ2) is 4.37. The Bertz CT molecular complexity index is 515. The molecule has 0 aliphatic carbocycles. The van der Waals surface area contributed by atoms with Crippen molar-refractivity contribution < 1.29 is 9.26 Å². The van der Waals surface area contributed by atoms with Gasteiger partial charge in [0.1, 0.15) is 6.10 Å². The average molecular weight is 232 g/mol. The second-order valence-corrected chi connectivity index (χ2v) is 4.47. The maximum atomic E-state index is 6.01. The number of aromatic nitrogens is 1. The lowest BCUT2D eigenvalue weighted by molar-refractivity contribution is 0.162. The molecule has 3 rings (SSSR count). The smallest absolute Gasteiger partial charge is 0.208 e. The minimum atomic E-state index is 0.284. The molecule has 0 unspecified atom stereocenters. The van der Waals surface area contributed by atoms with Gasteiger partial charge in [-0.1, -0.05) is 11.2 Å². The van der Waals surface area contributed by atoms with Crippen LogP contribution in [0.15, 0.2) is 22.7 Å². The number of fused-ring (bicyclic) bond motifs is 1. The van der Waals surface area contributed by atoms with Gasteiger partial charge in [0, 0.05) is 5.39 Å². The maximum Gasteiger partial charge on any atom is 0.208 e. The van der Waals surface area contributed by atoms with Crippen molar-refractivity contribution in [2.45, 2.75) is 25.9 Å². The number of rotatable bonds is 2. The first-order valence-corrected chi connectivity index (χ1v) is 6.07. The highest BCUT2D eigenvalue weighted by Gasteiger charge is 2.17. The highest BCUT2D eigenvalue weighted by atomic mass is 16.5. The molecular formula is C13H16N2O2. The van der Waals surface area contributed by atoms with Crippen LogP contribution in [0, 0.1) is 6.92 Å². The van der Waals surface area contributed by atoms with Crippen molar-refractivity contribution in [3.05, 3.63) is 23.9 Å². The van der Waals surface area contributed by atoms with Gasteiger partial charge in [-0.3, -0.25) is 0 Å². The Morgan fingerprint density at radius 3 is 3.00 bits per heavy atom. The molecule has 17 heavy (non-hydrogen) atoms. The standard InChI is InChI=1S/C13H16N2O2/c1-9-11-3-2-4-12(13(11)17-15-9)16-10-5-7-14-8-6-10/h2-4,10,14H,5-8H2,1H3. The van der Waals surface area contributed by atoms with E-state index in [1.165, 1.54) is 0 Å². The number of aryl methyl sites for hydroxylation is 1. The molecule has 0 spiro atoms. The largest absolute Gasteiger partial charge is 0.486 e. The molecule has 2 aromatic rings. The zero-order valence-corrected chi connectivity index (χ0v) is 9.90. The molecule has 1 aromatic heterocycles. The summed E-state index contributed by atoms with van der Waals surface area (Å²) >= 11 is 0. The number of piperidine rings is 1. The molecule has 1 aliphatic rings. The summed E-state index contributed by atoms with van der Waals surface area (Å²) in [6.45, 7) is 3.99. The van der Waals surface area contributed by atoms with Gasteiger partial charge in [0.2, 0.25) is 5.58 Å². The quantitative estimate of drug-likeness (QED) is 0.862. The van der Waals surface area contributed by atoms with Gasteiger partial charge in [0.15, 0.2) is 5.75 Å². The topological polar surface area (TPSA) is 47.3 Å². The first-order valence-electron chi connectivity index (χ1n) is 6.07. The van der Waals surface area contributed by atoms with Crippen molar-refractivity contribution in [1.29, 1.82) is 0 Å². The van der Waals surface area contributed by atoms with Crippen molar-refractivity contribution in [2.24, 2.45) is 0 Å². The molecule has 1 aliphatic heterocycles. The van der Waals surface area contributed by atoms with Gasteiger partial charge in [-0.15, -0.1) is 0 Å². The number of benzene rings is 1. The summed E-state index contributed by atoms with van der Waals surface area (Å²) in [5.41, 5.74) is 1.68. The van der Waals surface area contributed by atoms with Crippen molar-refractivity contribution in [3.63, 3.8) is 0 Å². The third kappa shape index (κ3) is 2.00. The summed E-state index contributed by atoms with van der Waals surface area (Å²) in [5, 5.41) is 8.35. The van der Waals surface area contributed by atoms with Crippen LogP contribution in [-0.4, -0.2) is 24.4 Å². The van der Waals surface area contributed by atoms with E-state index in [-0.39, 0.29) is 6.10 Å². The van der Waals surface area contributed by atoms with Gasteiger partial charge in [-0.2, -0.15) is 0 Å². The Morgan fingerprint density at radius 1 is 1.35 bits per heavy atom. The molecule has 0 amide bonds. The second-order valence-electron chi connectivity index (χ2n) is 4.47. The lowest BCUT2D eigenvalue weighted by Crippen LogP contribution is -2.34. The summed E-state index contributed by atoms with van der Waals surface area (Å²) in [5.74, 6) is 0.815. The van der Waals surface area contributed by atoms with Crippen molar-refractivity contribution in [3.8, 4) is 5.75 Å². The molecule has 4 heteroatoms. The number of nitrogens with one attached hydrogen (secondary N) is 1. The van der Waals surface area contributed by atoms with Crippen LogP contribution in [0.1, 0.15) is 18.5 Å². The minimum Gasteiger partial charge on any atom is -0.486 e. The molecule has 1 N–H and O–H groups in total. The lowest BCUT2D eigenvalue weighted by atomic mass is 10.1. The summed E-state index contributed by atoms with van der Waals surface area (Å²) in [6, 6.07) is 5.95. The van der Waals surface area contributed by atoms with Crippen molar-refractivity contribution in [2.75, 3.05) is 13.1 Å². The van der Waals surface area contributed by atoms with Crippen LogP contribution in [0.3, 0.4) is 0 Å². The van der Waals surface area contributed by atoms with E-state index in [2.05, 4.69) is 10.5 Å². The third-order valence-electron chi connectivity index (χ3n) is 3.22. The normalized spacial score (nSPS) is 17.5. The van der Waals surface area contributed by atoms with E-state index in [1.54, 1.807) is 0 Å². The Morgan fingerprint density at radius 2 is 2.18 bits per heavy atom. The van der Waals surface area contributed by atoms with Crippen LogP contribution < -0.4 is 10.1 Å². The Hall–Kier alpha value is -1.55. The van der Waals surface area contributed by atoms with E-state index in [1.807, 2.05) is 25.1 Å². The van der Waals surface area contributed by atoms with E-state index in [0.717, 1.165) is 48.3 Å². The molecule has 0 atom stereocenters. The van der Waals surface area contributed by atoms with Crippen molar-refractivity contribution >= 4 is 11.0 Å². The van der Waals surface area contributed by atoms with Crippen LogP contribution in [-0.2, 0) is 0 Å². The molecular weight excluding hydrogens is 216 g/mol. The van der Waals surface area contributed by atoms with E-state index >= 15 is 0 Å². The van der Waals surface area contributed by atoms with Gasteiger partial charge in [-0.05, 0) is 45.0 Å². The zero-order valence-electron chi connectivity index (χ0n) is 9.90. The van der Waals surface area contributed by atoms with Crippen LogP contribution >= 0.6 is 0 Å². The SMILES string of the molecule is Cc1noc2c(OC3CCNCC3)cccc12.